The molecule has 0 atom stereocenters. The molecule has 5 nitrogen and oxygen atoms in total. The standard InChI is InChI=1S/C14H12BrN3O2Se/c1-20-12-6-8(5-9(15)14(12)19)7-16-10-3-2-4-11-13(10)18-21-17-11/h2-6,16,19H,7H2,1H3. The number of benzene rings is 2. The summed E-state index contributed by atoms with van der Waals surface area (Å²) in [6, 6.07) is 9.60. The second kappa shape index (κ2) is 6.05. The fraction of sp³-hybridized carbons (Fsp3) is 0.143. The summed E-state index contributed by atoms with van der Waals surface area (Å²) < 4.78 is 14.6. The second-order valence-corrected chi connectivity index (χ2v) is 6.38. The Hall–Kier alpha value is -1.56. The normalized spacial score (nSPS) is 10.8. The Kier molecular flexibility index (Phi) is 4.14. The Morgan fingerprint density at radius 2 is 2.19 bits per heavy atom. The van der Waals surface area contributed by atoms with Gasteiger partial charge in [-0.15, -0.1) is 0 Å². The number of ether oxygens (including phenoxy) is 1. The van der Waals surface area contributed by atoms with Crippen LogP contribution < -0.4 is 10.1 Å². The molecule has 0 amide bonds. The molecule has 1 heterocycles. The molecule has 0 fully saturated rings. The Balaban J connectivity index is 1.85. The van der Waals surface area contributed by atoms with Crippen molar-refractivity contribution in [3.63, 3.8) is 0 Å². The number of phenolic OH excluding ortho intramolecular Hbond substituents is 1. The summed E-state index contributed by atoms with van der Waals surface area (Å²) in [5.74, 6) is 0.556. The SMILES string of the molecule is COc1cc(CNc2cccc3n[se]nc23)cc(Br)c1O. The van der Waals surface area contributed by atoms with Crippen LogP contribution in [-0.2, 0) is 6.54 Å². The first-order valence-electron chi connectivity index (χ1n) is 6.19. The van der Waals surface area contributed by atoms with E-state index in [1.807, 2.05) is 30.3 Å². The van der Waals surface area contributed by atoms with Crippen LogP contribution in [0.15, 0.2) is 34.8 Å². The molecule has 0 bridgehead atoms. The molecule has 0 aliphatic carbocycles. The molecule has 7 heteroatoms. The fourth-order valence-electron chi connectivity index (χ4n) is 2.03. The van der Waals surface area contributed by atoms with E-state index in [0.717, 1.165) is 22.3 Å². The van der Waals surface area contributed by atoms with E-state index in [1.165, 1.54) is 7.11 Å². The second-order valence-electron chi connectivity index (χ2n) is 4.42. The van der Waals surface area contributed by atoms with Crippen molar-refractivity contribution in [1.82, 2.24) is 7.96 Å². The van der Waals surface area contributed by atoms with Gasteiger partial charge in [-0.25, -0.2) is 0 Å². The number of hydrogen-bond donors (Lipinski definition) is 2. The van der Waals surface area contributed by atoms with Crippen molar-refractivity contribution in [2.75, 3.05) is 12.4 Å². The van der Waals surface area contributed by atoms with Crippen LogP contribution in [0.5, 0.6) is 11.5 Å². The molecule has 0 radical (unpaired) electrons. The fourth-order valence-corrected chi connectivity index (χ4v) is 3.67. The third kappa shape index (κ3) is 2.90. The van der Waals surface area contributed by atoms with Crippen LogP contribution in [0, 0.1) is 0 Å². The molecule has 0 saturated carbocycles. The van der Waals surface area contributed by atoms with Gasteiger partial charge >= 0.3 is 136 Å². The zero-order chi connectivity index (χ0) is 14.8. The topological polar surface area (TPSA) is 67.3 Å². The number of aromatic nitrogens is 2. The number of aromatic hydroxyl groups is 1. The minimum absolute atomic E-state index is 0.0368. The number of phenols is 1. The molecule has 0 aliphatic heterocycles. The number of halogens is 1. The number of nitrogens with one attached hydrogen (secondary N) is 1. The van der Waals surface area contributed by atoms with Crippen LogP contribution in [0.4, 0.5) is 5.69 Å². The van der Waals surface area contributed by atoms with Crippen molar-refractivity contribution in [1.29, 1.82) is 0 Å². The third-order valence-corrected chi connectivity index (χ3v) is 4.82. The van der Waals surface area contributed by atoms with E-state index in [9.17, 15) is 5.11 Å². The molecule has 0 spiro atoms. The first kappa shape index (κ1) is 14.4. The molecular weight excluding hydrogens is 401 g/mol. The summed E-state index contributed by atoms with van der Waals surface area (Å²) >= 11 is 3.29. The molecule has 3 aromatic rings. The van der Waals surface area contributed by atoms with Gasteiger partial charge in [0.15, 0.2) is 0 Å². The summed E-state index contributed by atoms with van der Waals surface area (Å²) in [5.41, 5.74) is 3.85. The minimum atomic E-state index is -0.0368. The van der Waals surface area contributed by atoms with Crippen molar-refractivity contribution < 1.29 is 9.84 Å². The van der Waals surface area contributed by atoms with Crippen molar-refractivity contribution in [3.05, 3.63) is 40.4 Å². The van der Waals surface area contributed by atoms with Crippen molar-refractivity contribution in [2.45, 2.75) is 6.54 Å². The molecule has 0 aliphatic rings. The van der Waals surface area contributed by atoms with Crippen LogP contribution in [0.25, 0.3) is 11.0 Å². The Labute approximate surface area is 136 Å². The van der Waals surface area contributed by atoms with Gasteiger partial charge in [0.25, 0.3) is 0 Å². The van der Waals surface area contributed by atoms with Crippen molar-refractivity contribution in [3.8, 4) is 11.5 Å². The van der Waals surface area contributed by atoms with E-state index >= 15 is 0 Å². The first-order valence-corrected chi connectivity index (χ1v) is 8.52. The van der Waals surface area contributed by atoms with E-state index in [2.05, 4.69) is 29.2 Å². The van der Waals surface area contributed by atoms with E-state index < -0.39 is 0 Å². The average molecular weight is 413 g/mol. The van der Waals surface area contributed by atoms with Crippen LogP contribution in [0.1, 0.15) is 5.56 Å². The molecule has 1 aromatic heterocycles. The molecule has 21 heavy (non-hydrogen) atoms. The summed E-state index contributed by atoms with van der Waals surface area (Å²) in [4.78, 5) is 0. The first-order chi connectivity index (χ1) is 10.2. The van der Waals surface area contributed by atoms with Gasteiger partial charge in [-0.05, 0) is 0 Å². The van der Waals surface area contributed by atoms with Crippen LogP contribution in [0.3, 0.4) is 0 Å². The molecule has 2 N–H and O–H groups in total. The number of anilines is 1. The van der Waals surface area contributed by atoms with E-state index in [4.69, 9.17) is 4.74 Å². The summed E-state index contributed by atoms with van der Waals surface area (Å²) in [5, 5.41) is 13.2. The molecule has 2 aromatic carbocycles. The Bertz CT molecular complexity index is 791. The number of rotatable bonds is 4. The Morgan fingerprint density at radius 3 is 3.00 bits per heavy atom. The number of methoxy groups -OCH3 is 1. The van der Waals surface area contributed by atoms with Gasteiger partial charge in [0.2, 0.25) is 0 Å². The van der Waals surface area contributed by atoms with Gasteiger partial charge in [0.1, 0.15) is 0 Å². The maximum absolute atomic E-state index is 9.82. The molecule has 3 rings (SSSR count). The number of fused-ring (bicyclic) bond motifs is 1. The quantitative estimate of drug-likeness (QED) is 0.645. The summed E-state index contributed by atoms with van der Waals surface area (Å²) in [7, 11) is 1.53. The van der Waals surface area contributed by atoms with Gasteiger partial charge in [-0.1, -0.05) is 0 Å². The molecule has 0 unspecified atom stereocenters. The van der Waals surface area contributed by atoms with Crippen molar-refractivity contribution >= 4 is 47.6 Å². The van der Waals surface area contributed by atoms with Gasteiger partial charge in [0.05, 0.1) is 0 Å². The van der Waals surface area contributed by atoms with Gasteiger partial charge in [0, 0.05) is 0 Å². The molecule has 0 saturated heterocycles. The van der Waals surface area contributed by atoms with Crippen molar-refractivity contribution in [2.24, 2.45) is 0 Å². The van der Waals surface area contributed by atoms with Gasteiger partial charge < -0.3 is 0 Å². The number of nitrogens with zero attached hydrogens (tertiary/aromatic N) is 2. The molecular formula is C14H12BrN3O2Se. The van der Waals surface area contributed by atoms with Gasteiger partial charge in [-0.2, -0.15) is 0 Å². The summed E-state index contributed by atoms with van der Waals surface area (Å²) in [6.45, 7) is 0.605. The average Bonchev–Trinajstić information content (AvgIpc) is 2.97. The maximum atomic E-state index is 9.82. The van der Waals surface area contributed by atoms with Gasteiger partial charge in [-0.3, -0.25) is 0 Å². The zero-order valence-electron chi connectivity index (χ0n) is 11.1. The van der Waals surface area contributed by atoms with E-state index in [-0.39, 0.29) is 20.7 Å². The number of hydrogen-bond acceptors (Lipinski definition) is 5. The van der Waals surface area contributed by atoms with Crippen LogP contribution in [-0.4, -0.2) is 35.1 Å². The summed E-state index contributed by atoms with van der Waals surface area (Å²) in [6.07, 6.45) is 0. The third-order valence-electron chi connectivity index (χ3n) is 3.08. The molecule has 108 valence electrons. The monoisotopic (exact) mass is 413 g/mol. The van der Waals surface area contributed by atoms with Crippen LogP contribution in [0.2, 0.25) is 0 Å². The van der Waals surface area contributed by atoms with E-state index in [1.54, 1.807) is 0 Å². The predicted octanol–water partition coefficient (Wildman–Crippen LogP) is 2.78. The van der Waals surface area contributed by atoms with Crippen LogP contribution >= 0.6 is 15.9 Å². The Morgan fingerprint density at radius 1 is 1.33 bits per heavy atom. The van der Waals surface area contributed by atoms with E-state index in [0.29, 0.717) is 16.8 Å². The zero-order valence-corrected chi connectivity index (χ0v) is 14.4. The predicted molar refractivity (Wildman–Crippen MR) is 86.2 cm³/mol.